The molecule has 0 aliphatic carbocycles. The monoisotopic (exact) mass is 428 g/mol. The minimum atomic E-state index is -0.0881. The van der Waals surface area contributed by atoms with E-state index in [0.29, 0.717) is 10.6 Å². The highest BCUT2D eigenvalue weighted by Crippen LogP contribution is 2.25. The third-order valence-corrected chi connectivity index (χ3v) is 6.25. The number of rotatable bonds is 9. The van der Waals surface area contributed by atoms with Crippen molar-refractivity contribution in [2.24, 2.45) is 5.92 Å². The lowest BCUT2D eigenvalue weighted by molar-refractivity contribution is 0.0632. The van der Waals surface area contributed by atoms with Gasteiger partial charge < -0.3 is 15.4 Å². The molecule has 2 N–H and O–H groups in total. The van der Waals surface area contributed by atoms with Crippen molar-refractivity contribution in [2.75, 3.05) is 25.6 Å². The molecule has 3 rings (SSSR count). The summed E-state index contributed by atoms with van der Waals surface area (Å²) in [4.78, 5) is 12.5. The molecule has 0 radical (unpaired) electrons. The molecule has 1 aliphatic rings. The van der Waals surface area contributed by atoms with Crippen LogP contribution >= 0.6 is 11.6 Å². The highest BCUT2D eigenvalue weighted by molar-refractivity contribution is 6.30. The third-order valence-electron chi connectivity index (χ3n) is 6.00. The summed E-state index contributed by atoms with van der Waals surface area (Å²) in [5.74, 6) is 0.742. The van der Waals surface area contributed by atoms with Crippen LogP contribution in [0.4, 0.5) is 5.69 Å². The molecule has 1 fully saturated rings. The molecule has 0 aromatic heterocycles. The molecule has 2 aromatic carbocycles. The molecule has 5 heteroatoms. The first-order valence-electron chi connectivity index (χ1n) is 11.0. The molecule has 1 amide bonds. The number of unbranched alkanes of at least 4 members (excludes halogenated alkanes) is 1. The van der Waals surface area contributed by atoms with Gasteiger partial charge in [-0.3, -0.25) is 4.79 Å². The average Bonchev–Trinajstić information content (AvgIpc) is 2.77. The maximum absolute atomic E-state index is 12.5. The summed E-state index contributed by atoms with van der Waals surface area (Å²) >= 11 is 5.92. The Morgan fingerprint density at radius 2 is 1.87 bits per heavy atom. The molecule has 0 spiro atoms. The van der Waals surface area contributed by atoms with Crippen LogP contribution in [0.1, 0.15) is 66.6 Å². The second-order valence-corrected chi connectivity index (χ2v) is 8.61. The Balaban J connectivity index is 1.56. The van der Waals surface area contributed by atoms with Crippen LogP contribution in [-0.2, 0) is 11.2 Å². The van der Waals surface area contributed by atoms with Gasteiger partial charge in [0.25, 0.3) is 5.91 Å². The Bertz CT molecular complexity index is 816. The van der Waals surface area contributed by atoms with Crippen molar-refractivity contribution in [3.63, 3.8) is 0 Å². The van der Waals surface area contributed by atoms with Gasteiger partial charge in [-0.1, -0.05) is 36.6 Å². The molecule has 1 unspecified atom stereocenters. The quantitative estimate of drug-likeness (QED) is 0.480. The molecule has 162 valence electrons. The summed E-state index contributed by atoms with van der Waals surface area (Å²) in [6.45, 7) is 3.88. The number of amides is 1. The Kier molecular flexibility index (Phi) is 8.59. The van der Waals surface area contributed by atoms with Gasteiger partial charge in [0, 0.05) is 36.5 Å². The SMILES string of the molecule is CNc1ccc(C(C)NC(=O)c2ccc(Cl)cc2)cc1CCCCC1CCOCC1. The molecule has 30 heavy (non-hydrogen) atoms. The predicted octanol–water partition coefficient (Wildman–Crippen LogP) is 6.01. The summed E-state index contributed by atoms with van der Waals surface area (Å²) in [6, 6.07) is 13.3. The molecule has 0 bridgehead atoms. The minimum absolute atomic E-state index is 0.0694. The average molecular weight is 429 g/mol. The zero-order chi connectivity index (χ0) is 21.3. The molecule has 4 nitrogen and oxygen atoms in total. The standard InChI is InChI=1S/C25H33ClN2O2/c1-18(28-25(29)20-7-10-23(26)11-8-20)21-9-12-24(27-2)22(17-21)6-4-3-5-19-13-15-30-16-14-19/h7-12,17-19,27H,3-6,13-16H2,1-2H3,(H,28,29). The lowest BCUT2D eigenvalue weighted by atomic mass is 9.92. The topological polar surface area (TPSA) is 50.4 Å². The molecule has 1 atom stereocenters. The van der Waals surface area contributed by atoms with Gasteiger partial charge in [-0.2, -0.15) is 0 Å². The highest BCUT2D eigenvalue weighted by atomic mass is 35.5. The van der Waals surface area contributed by atoms with E-state index in [-0.39, 0.29) is 11.9 Å². The van der Waals surface area contributed by atoms with E-state index in [1.807, 2.05) is 14.0 Å². The van der Waals surface area contributed by atoms with Crippen molar-refractivity contribution >= 4 is 23.2 Å². The fraction of sp³-hybridized carbons (Fsp3) is 0.480. The van der Waals surface area contributed by atoms with Gasteiger partial charge in [0.1, 0.15) is 0 Å². The van der Waals surface area contributed by atoms with Crippen molar-refractivity contribution < 1.29 is 9.53 Å². The Morgan fingerprint density at radius 3 is 2.57 bits per heavy atom. The first kappa shape index (κ1) is 22.6. The van der Waals surface area contributed by atoms with Gasteiger partial charge in [-0.05, 0) is 80.0 Å². The van der Waals surface area contributed by atoms with Crippen LogP contribution in [0.15, 0.2) is 42.5 Å². The van der Waals surface area contributed by atoms with Crippen LogP contribution in [0.3, 0.4) is 0 Å². The first-order chi connectivity index (χ1) is 14.6. The number of halogens is 1. The van der Waals surface area contributed by atoms with E-state index in [9.17, 15) is 4.79 Å². The molecule has 0 saturated carbocycles. The number of carbonyl (C=O) groups is 1. The maximum Gasteiger partial charge on any atom is 0.251 e. The van der Waals surface area contributed by atoms with E-state index < -0.39 is 0 Å². The van der Waals surface area contributed by atoms with Gasteiger partial charge in [0.15, 0.2) is 0 Å². The number of carbonyl (C=O) groups excluding carboxylic acids is 1. The Hall–Kier alpha value is -2.04. The molecular weight excluding hydrogens is 396 g/mol. The zero-order valence-electron chi connectivity index (χ0n) is 18.0. The highest BCUT2D eigenvalue weighted by Gasteiger charge is 2.15. The number of benzene rings is 2. The zero-order valence-corrected chi connectivity index (χ0v) is 18.8. The largest absolute Gasteiger partial charge is 0.388 e. The van der Waals surface area contributed by atoms with E-state index in [4.69, 9.17) is 16.3 Å². The Morgan fingerprint density at radius 1 is 1.13 bits per heavy atom. The summed E-state index contributed by atoms with van der Waals surface area (Å²) in [5, 5.41) is 7.03. The van der Waals surface area contributed by atoms with Crippen LogP contribution in [0.5, 0.6) is 0 Å². The van der Waals surface area contributed by atoms with Crippen molar-refractivity contribution in [1.29, 1.82) is 0 Å². The number of nitrogens with one attached hydrogen (secondary N) is 2. The van der Waals surface area contributed by atoms with E-state index in [1.165, 1.54) is 43.4 Å². The van der Waals surface area contributed by atoms with Crippen LogP contribution in [0.2, 0.25) is 5.02 Å². The summed E-state index contributed by atoms with van der Waals surface area (Å²) in [5.41, 5.74) is 4.22. The minimum Gasteiger partial charge on any atom is -0.388 e. The molecule has 1 saturated heterocycles. The second-order valence-electron chi connectivity index (χ2n) is 8.17. The summed E-state index contributed by atoms with van der Waals surface area (Å²) < 4.78 is 5.46. The maximum atomic E-state index is 12.5. The van der Waals surface area contributed by atoms with Gasteiger partial charge in [-0.15, -0.1) is 0 Å². The molecule has 1 aliphatic heterocycles. The number of aryl methyl sites for hydroxylation is 1. The normalized spacial score (nSPS) is 15.6. The number of hydrogen-bond acceptors (Lipinski definition) is 3. The fourth-order valence-electron chi connectivity index (χ4n) is 4.08. The Labute approximate surface area is 185 Å². The fourth-order valence-corrected chi connectivity index (χ4v) is 4.21. The van der Waals surface area contributed by atoms with Crippen molar-refractivity contribution in [3.8, 4) is 0 Å². The molecular formula is C25H33ClN2O2. The van der Waals surface area contributed by atoms with Crippen LogP contribution in [0, 0.1) is 5.92 Å². The van der Waals surface area contributed by atoms with Crippen LogP contribution in [0.25, 0.3) is 0 Å². The number of anilines is 1. The van der Waals surface area contributed by atoms with Crippen molar-refractivity contribution in [1.82, 2.24) is 5.32 Å². The van der Waals surface area contributed by atoms with E-state index in [1.54, 1.807) is 24.3 Å². The van der Waals surface area contributed by atoms with Gasteiger partial charge in [0.2, 0.25) is 0 Å². The van der Waals surface area contributed by atoms with E-state index >= 15 is 0 Å². The van der Waals surface area contributed by atoms with Gasteiger partial charge in [-0.25, -0.2) is 0 Å². The van der Waals surface area contributed by atoms with Crippen LogP contribution < -0.4 is 10.6 Å². The van der Waals surface area contributed by atoms with Gasteiger partial charge >= 0.3 is 0 Å². The number of hydrogen-bond donors (Lipinski definition) is 2. The first-order valence-corrected chi connectivity index (χ1v) is 11.4. The smallest absolute Gasteiger partial charge is 0.251 e. The van der Waals surface area contributed by atoms with Crippen molar-refractivity contribution in [2.45, 2.75) is 51.5 Å². The second kappa shape index (κ2) is 11.4. The third kappa shape index (κ3) is 6.48. The predicted molar refractivity (Wildman–Crippen MR) is 124 cm³/mol. The molecule has 2 aromatic rings. The van der Waals surface area contributed by atoms with Gasteiger partial charge in [0.05, 0.1) is 6.04 Å². The van der Waals surface area contributed by atoms with Crippen molar-refractivity contribution in [3.05, 3.63) is 64.2 Å². The number of ether oxygens (including phenoxy) is 1. The lowest BCUT2D eigenvalue weighted by Crippen LogP contribution is -2.26. The summed E-state index contributed by atoms with van der Waals surface area (Å²) in [6.07, 6.45) is 7.20. The van der Waals surface area contributed by atoms with E-state index in [0.717, 1.165) is 31.1 Å². The summed E-state index contributed by atoms with van der Waals surface area (Å²) in [7, 11) is 1.96. The van der Waals surface area contributed by atoms with E-state index in [2.05, 4.69) is 28.8 Å². The van der Waals surface area contributed by atoms with Crippen LogP contribution in [-0.4, -0.2) is 26.2 Å². The molecule has 1 heterocycles. The lowest BCUT2D eigenvalue weighted by Gasteiger charge is -2.22.